The van der Waals surface area contributed by atoms with Gasteiger partial charge in [0.1, 0.15) is 6.10 Å². The van der Waals surface area contributed by atoms with Crippen molar-refractivity contribution in [3.05, 3.63) is 101 Å². The molecule has 0 aliphatic rings. The molecule has 0 N–H and O–H groups in total. The number of halogens is 2. The summed E-state index contributed by atoms with van der Waals surface area (Å²) in [5.41, 5.74) is 2.03. The van der Waals surface area contributed by atoms with E-state index in [9.17, 15) is 0 Å². The molecule has 1 heterocycles. The predicted molar refractivity (Wildman–Crippen MR) is 110 cm³/mol. The first-order chi connectivity index (χ1) is 13.2. The summed E-state index contributed by atoms with van der Waals surface area (Å²) in [4.78, 5) is 4.13. The number of imidazole rings is 1. The number of aromatic nitrogens is 2. The summed E-state index contributed by atoms with van der Waals surface area (Å²) in [6.45, 7) is 1.08. The van der Waals surface area contributed by atoms with Crippen molar-refractivity contribution in [2.45, 2.75) is 19.3 Å². The van der Waals surface area contributed by atoms with E-state index in [2.05, 4.69) is 35.3 Å². The van der Waals surface area contributed by atoms with E-state index in [0.717, 1.165) is 11.1 Å². The zero-order chi connectivity index (χ0) is 18.6. The number of ether oxygens (including phenoxy) is 1. The van der Waals surface area contributed by atoms with Gasteiger partial charge in [0.05, 0.1) is 19.5 Å². The third kappa shape index (κ3) is 4.33. The first-order valence-electron chi connectivity index (χ1n) is 8.69. The van der Waals surface area contributed by atoms with Crippen molar-refractivity contribution in [2.75, 3.05) is 0 Å². The molecule has 0 spiro atoms. The van der Waals surface area contributed by atoms with Gasteiger partial charge in [0.2, 0.25) is 0 Å². The molecule has 4 aromatic rings. The van der Waals surface area contributed by atoms with Crippen LogP contribution in [-0.4, -0.2) is 9.55 Å². The first kappa shape index (κ1) is 18.1. The van der Waals surface area contributed by atoms with E-state index < -0.39 is 0 Å². The fourth-order valence-corrected chi connectivity index (χ4v) is 3.54. The minimum Gasteiger partial charge on any atom is -0.367 e. The van der Waals surface area contributed by atoms with Crippen LogP contribution in [0.4, 0.5) is 0 Å². The Morgan fingerprint density at radius 3 is 2.59 bits per heavy atom. The number of hydrogen-bond acceptors (Lipinski definition) is 2. The molecule has 27 heavy (non-hydrogen) atoms. The standard InChI is InChI=1S/C22H18Cl2N2O/c23-20-8-7-19(21(24)12-20)14-27-22(13-26-10-9-25-15-26)18-6-5-16-3-1-2-4-17(16)11-18/h1-12,15,22H,13-14H2. The predicted octanol–water partition coefficient (Wildman–Crippen LogP) is 6.30. The highest BCUT2D eigenvalue weighted by Crippen LogP contribution is 2.28. The lowest BCUT2D eigenvalue weighted by Crippen LogP contribution is -2.12. The van der Waals surface area contributed by atoms with E-state index in [0.29, 0.717) is 23.2 Å². The average molecular weight is 397 g/mol. The molecule has 0 aliphatic carbocycles. The van der Waals surface area contributed by atoms with E-state index >= 15 is 0 Å². The Hall–Kier alpha value is -2.33. The summed E-state index contributed by atoms with van der Waals surface area (Å²) < 4.78 is 8.30. The maximum Gasteiger partial charge on any atom is 0.101 e. The molecule has 3 aromatic carbocycles. The van der Waals surface area contributed by atoms with Gasteiger partial charge in [-0.05, 0) is 40.1 Å². The van der Waals surface area contributed by atoms with Crippen LogP contribution in [0.5, 0.6) is 0 Å². The molecule has 4 rings (SSSR count). The lowest BCUT2D eigenvalue weighted by Gasteiger charge is -2.20. The quantitative estimate of drug-likeness (QED) is 0.382. The molecule has 0 saturated heterocycles. The third-order valence-electron chi connectivity index (χ3n) is 4.54. The molecular weight excluding hydrogens is 379 g/mol. The molecular formula is C22H18Cl2N2O. The van der Waals surface area contributed by atoms with E-state index in [-0.39, 0.29) is 6.10 Å². The van der Waals surface area contributed by atoms with Gasteiger partial charge >= 0.3 is 0 Å². The van der Waals surface area contributed by atoms with Crippen LogP contribution in [0.15, 0.2) is 79.4 Å². The lowest BCUT2D eigenvalue weighted by molar-refractivity contribution is 0.0281. The van der Waals surface area contributed by atoms with Crippen LogP contribution in [0, 0.1) is 0 Å². The van der Waals surface area contributed by atoms with Gasteiger partial charge in [-0.2, -0.15) is 0 Å². The number of rotatable bonds is 6. The average Bonchev–Trinajstić information content (AvgIpc) is 3.19. The van der Waals surface area contributed by atoms with E-state index in [1.165, 1.54) is 10.8 Å². The molecule has 0 radical (unpaired) electrons. The Morgan fingerprint density at radius 1 is 0.963 bits per heavy atom. The van der Waals surface area contributed by atoms with Gasteiger partial charge in [0, 0.05) is 22.4 Å². The zero-order valence-electron chi connectivity index (χ0n) is 14.6. The lowest BCUT2D eigenvalue weighted by atomic mass is 10.0. The summed E-state index contributed by atoms with van der Waals surface area (Å²) >= 11 is 12.3. The van der Waals surface area contributed by atoms with Crippen molar-refractivity contribution in [3.8, 4) is 0 Å². The molecule has 136 valence electrons. The Morgan fingerprint density at radius 2 is 1.81 bits per heavy atom. The maximum atomic E-state index is 6.30. The molecule has 0 bridgehead atoms. The minimum atomic E-state index is -0.129. The van der Waals surface area contributed by atoms with Crippen LogP contribution >= 0.6 is 23.2 Å². The normalized spacial score (nSPS) is 12.4. The van der Waals surface area contributed by atoms with E-state index in [1.54, 1.807) is 18.6 Å². The number of benzene rings is 3. The largest absolute Gasteiger partial charge is 0.367 e. The van der Waals surface area contributed by atoms with Crippen LogP contribution in [0.2, 0.25) is 10.0 Å². The van der Waals surface area contributed by atoms with Crippen molar-refractivity contribution >= 4 is 34.0 Å². The SMILES string of the molecule is Clc1ccc(COC(Cn2ccnc2)c2ccc3ccccc3c2)c(Cl)c1. The van der Waals surface area contributed by atoms with Crippen LogP contribution in [0.1, 0.15) is 17.2 Å². The molecule has 5 heteroatoms. The van der Waals surface area contributed by atoms with Crippen molar-refractivity contribution in [1.82, 2.24) is 9.55 Å². The summed E-state index contributed by atoms with van der Waals surface area (Å²) in [7, 11) is 0. The van der Waals surface area contributed by atoms with Gasteiger partial charge in [0.15, 0.2) is 0 Å². The molecule has 0 fully saturated rings. The topological polar surface area (TPSA) is 27.1 Å². The maximum absolute atomic E-state index is 6.30. The van der Waals surface area contributed by atoms with Crippen LogP contribution < -0.4 is 0 Å². The number of nitrogens with zero attached hydrogens (tertiary/aromatic N) is 2. The Labute approximate surface area is 168 Å². The van der Waals surface area contributed by atoms with Gasteiger partial charge in [-0.1, -0.05) is 65.7 Å². The molecule has 3 nitrogen and oxygen atoms in total. The van der Waals surface area contributed by atoms with Crippen molar-refractivity contribution in [2.24, 2.45) is 0 Å². The number of hydrogen-bond donors (Lipinski definition) is 0. The fourth-order valence-electron chi connectivity index (χ4n) is 3.08. The van der Waals surface area contributed by atoms with Crippen molar-refractivity contribution < 1.29 is 4.74 Å². The molecule has 0 amide bonds. The third-order valence-corrected chi connectivity index (χ3v) is 5.12. The summed E-state index contributed by atoms with van der Waals surface area (Å²) in [6.07, 6.45) is 5.38. The zero-order valence-corrected chi connectivity index (χ0v) is 16.1. The molecule has 1 aromatic heterocycles. The van der Waals surface area contributed by atoms with Crippen LogP contribution in [0.3, 0.4) is 0 Å². The highest BCUT2D eigenvalue weighted by Gasteiger charge is 2.15. The number of fused-ring (bicyclic) bond motifs is 1. The molecule has 1 atom stereocenters. The molecule has 0 aliphatic heterocycles. The van der Waals surface area contributed by atoms with Gasteiger partial charge in [-0.3, -0.25) is 0 Å². The summed E-state index contributed by atoms with van der Waals surface area (Å²) in [5.74, 6) is 0. The second-order valence-corrected chi connectivity index (χ2v) is 7.25. The Bertz CT molecular complexity index is 1050. The monoisotopic (exact) mass is 396 g/mol. The highest BCUT2D eigenvalue weighted by atomic mass is 35.5. The Balaban J connectivity index is 1.61. The van der Waals surface area contributed by atoms with Gasteiger partial charge in [-0.25, -0.2) is 4.98 Å². The summed E-state index contributed by atoms with van der Waals surface area (Å²) in [6, 6.07) is 20.2. The fraction of sp³-hybridized carbons (Fsp3) is 0.136. The second-order valence-electron chi connectivity index (χ2n) is 6.40. The Kier molecular flexibility index (Phi) is 5.44. The van der Waals surface area contributed by atoms with Crippen LogP contribution in [-0.2, 0) is 17.9 Å². The van der Waals surface area contributed by atoms with Crippen molar-refractivity contribution in [3.63, 3.8) is 0 Å². The van der Waals surface area contributed by atoms with Crippen molar-refractivity contribution in [1.29, 1.82) is 0 Å². The van der Waals surface area contributed by atoms with E-state index in [1.807, 2.05) is 35.0 Å². The van der Waals surface area contributed by atoms with Gasteiger partial charge in [0.25, 0.3) is 0 Å². The highest BCUT2D eigenvalue weighted by molar-refractivity contribution is 6.35. The second kappa shape index (κ2) is 8.13. The summed E-state index contributed by atoms with van der Waals surface area (Å²) in [5, 5.41) is 3.64. The molecule has 1 unspecified atom stereocenters. The first-order valence-corrected chi connectivity index (χ1v) is 9.44. The molecule has 0 saturated carbocycles. The minimum absolute atomic E-state index is 0.129. The smallest absolute Gasteiger partial charge is 0.101 e. The van der Waals surface area contributed by atoms with Gasteiger partial charge in [-0.15, -0.1) is 0 Å². The van der Waals surface area contributed by atoms with Gasteiger partial charge < -0.3 is 9.30 Å². The van der Waals surface area contributed by atoms with E-state index in [4.69, 9.17) is 27.9 Å². The van der Waals surface area contributed by atoms with Crippen LogP contribution in [0.25, 0.3) is 10.8 Å².